The van der Waals surface area contributed by atoms with Crippen molar-refractivity contribution in [2.75, 3.05) is 20.3 Å². The first-order valence-corrected chi connectivity index (χ1v) is 7.88. The molecule has 4 nitrogen and oxygen atoms in total. The van der Waals surface area contributed by atoms with Crippen molar-refractivity contribution in [3.63, 3.8) is 0 Å². The minimum Gasteiger partial charge on any atom is -0.488 e. The molecule has 1 aromatic carbocycles. The average Bonchev–Trinajstić information content (AvgIpc) is 2.47. The number of methoxy groups -OCH3 is 1. The maximum Gasteiger partial charge on any atom is 0.128 e. The van der Waals surface area contributed by atoms with Crippen molar-refractivity contribution < 1.29 is 14.2 Å². The molecule has 3 atom stereocenters. The number of hydrogen-bond acceptors (Lipinski definition) is 4. The van der Waals surface area contributed by atoms with E-state index >= 15 is 0 Å². The minimum atomic E-state index is 0.137. The predicted octanol–water partition coefficient (Wildman–Crippen LogP) is 2.76. The van der Waals surface area contributed by atoms with Crippen molar-refractivity contribution in [1.82, 2.24) is 5.32 Å². The van der Waals surface area contributed by atoms with Crippen LogP contribution in [0.25, 0.3) is 0 Å². The van der Waals surface area contributed by atoms with Gasteiger partial charge >= 0.3 is 0 Å². The molecule has 1 N–H and O–H groups in total. The molecule has 0 aliphatic heterocycles. The van der Waals surface area contributed by atoms with Crippen LogP contribution in [-0.2, 0) is 16.1 Å². The lowest BCUT2D eigenvalue weighted by Crippen LogP contribution is -2.61. The topological polar surface area (TPSA) is 39.7 Å². The number of nitrogens with one attached hydrogen (secondary N) is 1. The van der Waals surface area contributed by atoms with Crippen LogP contribution in [0.15, 0.2) is 24.3 Å². The Labute approximate surface area is 127 Å². The molecule has 1 aliphatic carbocycles. The summed E-state index contributed by atoms with van der Waals surface area (Å²) in [6.45, 7) is 6.62. The van der Waals surface area contributed by atoms with Crippen molar-refractivity contribution >= 4 is 0 Å². The number of benzene rings is 1. The SMILES string of the molecule is CCCOC1C(NCC)CC1Oc1cccc(COC)c1. The van der Waals surface area contributed by atoms with Crippen LogP contribution in [0.2, 0.25) is 0 Å². The lowest BCUT2D eigenvalue weighted by Gasteiger charge is -2.44. The third-order valence-corrected chi connectivity index (χ3v) is 3.73. The van der Waals surface area contributed by atoms with Gasteiger partial charge in [0, 0.05) is 26.2 Å². The predicted molar refractivity (Wildman–Crippen MR) is 83.7 cm³/mol. The summed E-state index contributed by atoms with van der Waals surface area (Å²) in [6.07, 6.45) is 2.32. The first-order valence-electron chi connectivity index (χ1n) is 7.88. The molecule has 21 heavy (non-hydrogen) atoms. The molecular weight excluding hydrogens is 266 g/mol. The fourth-order valence-electron chi connectivity index (χ4n) is 2.69. The molecule has 1 aliphatic rings. The molecule has 0 amide bonds. The summed E-state index contributed by atoms with van der Waals surface area (Å²) in [6, 6.07) is 8.50. The largest absolute Gasteiger partial charge is 0.488 e. The van der Waals surface area contributed by atoms with E-state index in [0.29, 0.717) is 12.6 Å². The Kier molecular flexibility index (Phi) is 6.49. The van der Waals surface area contributed by atoms with Crippen LogP contribution < -0.4 is 10.1 Å². The monoisotopic (exact) mass is 293 g/mol. The third-order valence-electron chi connectivity index (χ3n) is 3.73. The summed E-state index contributed by atoms with van der Waals surface area (Å²) >= 11 is 0. The van der Waals surface area contributed by atoms with Crippen LogP contribution in [0, 0.1) is 0 Å². The molecule has 1 aromatic rings. The summed E-state index contributed by atoms with van der Waals surface area (Å²) in [5.41, 5.74) is 1.13. The van der Waals surface area contributed by atoms with Gasteiger partial charge in [-0.1, -0.05) is 26.0 Å². The summed E-state index contributed by atoms with van der Waals surface area (Å²) in [4.78, 5) is 0. The molecule has 0 radical (unpaired) electrons. The molecule has 0 bridgehead atoms. The van der Waals surface area contributed by atoms with Gasteiger partial charge in [0.1, 0.15) is 18.0 Å². The van der Waals surface area contributed by atoms with Gasteiger partial charge in [0.2, 0.25) is 0 Å². The van der Waals surface area contributed by atoms with Gasteiger partial charge in [0.25, 0.3) is 0 Å². The molecule has 3 unspecified atom stereocenters. The summed E-state index contributed by atoms with van der Waals surface area (Å²) < 4.78 is 17.2. The van der Waals surface area contributed by atoms with Gasteiger partial charge in [-0.05, 0) is 30.7 Å². The number of hydrogen-bond donors (Lipinski definition) is 1. The van der Waals surface area contributed by atoms with Crippen LogP contribution in [-0.4, -0.2) is 38.5 Å². The number of likely N-dealkylation sites (N-methyl/N-ethyl adjacent to an activating group) is 1. The highest BCUT2D eigenvalue weighted by molar-refractivity contribution is 5.28. The van der Waals surface area contributed by atoms with Crippen molar-refractivity contribution in [3.05, 3.63) is 29.8 Å². The second kappa shape index (κ2) is 8.37. The zero-order chi connectivity index (χ0) is 15.1. The van der Waals surface area contributed by atoms with E-state index in [-0.39, 0.29) is 12.2 Å². The van der Waals surface area contributed by atoms with E-state index < -0.39 is 0 Å². The molecule has 0 spiro atoms. The first kappa shape index (κ1) is 16.3. The maximum absolute atomic E-state index is 6.10. The Balaban J connectivity index is 1.93. The summed E-state index contributed by atoms with van der Waals surface area (Å²) in [5.74, 6) is 0.898. The van der Waals surface area contributed by atoms with Crippen molar-refractivity contribution in [3.8, 4) is 5.75 Å². The van der Waals surface area contributed by atoms with Gasteiger partial charge in [-0.3, -0.25) is 0 Å². The fourth-order valence-corrected chi connectivity index (χ4v) is 2.69. The molecule has 1 fully saturated rings. The molecule has 0 saturated heterocycles. The van der Waals surface area contributed by atoms with Crippen molar-refractivity contribution in [2.45, 2.75) is 51.5 Å². The number of ether oxygens (including phenoxy) is 3. The normalized spacial score (nSPS) is 24.6. The second-order valence-electron chi connectivity index (χ2n) is 5.47. The smallest absolute Gasteiger partial charge is 0.128 e. The van der Waals surface area contributed by atoms with Gasteiger partial charge in [0.05, 0.1) is 6.61 Å². The third kappa shape index (κ3) is 4.43. The van der Waals surface area contributed by atoms with Gasteiger partial charge < -0.3 is 19.5 Å². The first-order chi connectivity index (χ1) is 10.3. The molecule has 0 heterocycles. The van der Waals surface area contributed by atoms with Crippen LogP contribution in [0.5, 0.6) is 5.75 Å². The van der Waals surface area contributed by atoms with Gasteiger partial charge in [0.15, 0.2) is 0 Å². The van der Waals surface area contributed by atoms with Crippen LogP contribution >= 0.6 is 0 Å². The molecule has 118 valence electrons. The highest BCUT2D eigenvalue weighted by Crippen LogP contribution is 2.29. The zero-order valence-electron chi connectivity index (χ0n) is 13.3. The average molecular weight is 293 g/mol. The zero-order valence-corrected chi connectivity index (χ0v) is 13.3. The van der Waals surface area contributed by atoms with E-state index in [4.69, 9.17) is 14.2 Å². The molecule has 1 saturated carbocycles. The highest BCUT2D eigenvalue weighted by atomic mass is 16.5. The Morgan fingerprint density at radius 2 is 2.14 bits per heavy atom. The Bertz CT molecular complexity index is 424. The van der Waals surface area contributed by atoms with E-state index in [9.17, 15) is 0 Å². The van der Waals surface area contributed by atoms with E-state index in [0.717, 1.165) is 37.3 Å². The van der Waals surface area contributed by atoms with E-state index in [1.165, 1.54) is 0 Å². The van der Waals surface area contributed by atoms with Gasteiger partial charge in [-0.15, -0.1) is 0 Å². The molecule has 2 rings (SSSR count). The quantitative estimate of drug-likeness (QED) is 0.760. The van der Waals surface area contributed by atoms with E-state index in [1.807, 2.05) is 24.3 Å². The molecule has 4 heteroatoms. The minimum absolute atomic E-state index is 0.137. The standard InChI is InChI=1S/C17H27NO3/c1-4-9-20-17-15(18-5-2)11-16(17)21-14-8-6-7-13(10-14)12-19-3/h6-8,10,15-18H,4-5,9,11-12H2,1-3H3. The van der Waals surface area contributed by atoms with Crippen molar-refractivity contribution in [2.24, 2.45) is 0 Å². The lowest BCUT2D eigenvalue weighted by molar-refractivity contribution is -0.107. The molecule has 0 aromatic heterocycles. The van der Waals surface area contributed by atoms with Crippen LogP contribution in [0.4, 0.5) is 0 Å². The molecular formula is C17H27NO3. The maximum atomic E-state index is 6.10. The van der Waals surface area contributed by atoms with Crippen molar-refractivity contribution in [1.29, 1.82) is 0 Å². The summed E-state index contributed by atoms with van der Waals surface area (Å²) in [5, 5.41) is 3.46. The Morgan fingerprint density at radius 1 is 1.29 bits per heavy atom. The van der Waals surface area contributed by atoms with Crippen LogP contribution in [0.1, 0.15) is 32.3 Å². The second-order valence-corrected chi connectivity index (χ2v) is 5.47. The fraction of sp³-hybridized carbons (Fsp3) is 0.647. The highest BCUT2D eigenvalue weighted by Gasteiger charge is 2.43. The van der Waals surface area contributed by atoms with Gasteiger partial charge in [-0.2, -0.15) is 0 Å². The Morgan fingerprint density at radius 3 is 2.86 bits per heavy atom. The summed E-state index contributed by atoms with van der Waals surface area (Å²) in [7, 11) is 1.70. The lowest BCUT2D eigenvalue weighted by atomic mass is 9.85. The van der Waals surface area contributed by atoms with Gasteiger partial charge in [-0.25, -0.2) is 0 Å². The van der Waals surface area contributed by atoms with Crippen LogP contribution in [0.3, 0.4) is 0 Å². The van der Waals surface area contributed by atoms with E-state index in [2.05, 4.69) is 19.2 Å². The number of rotatable bonds is 9. The van der Waals surface area contributed by atoms with E-state index in [1.54, 1.807) is 7.11 Å². The Hall–Kier alpha value is -1.10.